The second-order valence-corrected chi connectivity index (χ2v) is 10.6. The Morgan fingerprint density at radius 1 is 1.02 bits per heavy atom. The Hall–Kier alpha value is -4.39. The number of alkyl halides is 2. The number of amides is 1. The summed E-state index contributed by atoms with van der Waals surface area (Å²) in [6, 6.07) is 16.4. The quantitative estimate of drug-likeness (QED) is 0.241. The molecule has 0 unspecified atom stereocenters. The summed E-state index contributed by atoms with van der Waals surface area (Å²) < 4.78 is 34.5. The van der Waals surface area contributed by atoms with Crippen molar-refractivity contribution < 1.29 is 18.3 Å². The van der Waals surface area contributed by atoms with Crippen LogP contribution in [0.4, 0.5) is 14.5 Å². The predicted octanol–water partition coefficient (Wildman–Crippen LogP) is 4.92. The third kappa shape index (κ3) is 6.82. The van der Waals surface area contributed by atoms with Gasteiger partial charge in [0.05, 0.1) is 18.4 Å². The van der Waals surface area contributed by atoms with E-state index >= 15 is 0 Å². The molecular formula is C30H29ClF2N8O2. The number of aromatic nitrogens is 5. The van der Waals surface area contributed by atoms with E-state index in [0.29, 0.717) is 22.9 Å². The van der Waals surface area contributed by atoms with E-state index in [1.807, 2.05) is 6.07 Å². The largest absolute Gasteiger partial charge is 0.434 e. The first-order valence-electron chi connectivity index (χ1n) is 13.8. The molecule has 1 aliphatic rings. The normalized spacial score (nSPS) is 14.4. The fourth-order valence-electron chi connectivity index (χ4n) is 5.15. The maximum atomic E-state index is 13.3. The maximum Gasteiger partial charge on any atom is 0.387 e. The van der Waals surface area contributed by atoms with Crippen molar-refractivity contribution in [3.8, 4) is 17.0 Å². The first-order valence-corrected chi connectivity index (χ1v) is 14.2. The van der Waals surface area contributed by atoms with Crippen molar-refractivity contribution in [1.82, 2.24) is 34.2 Å². The minimum absolute atomic E-state index is 0.104. The molecule has 0 saturated carbocycles. The second-order valence-electron chi connectivity index (χ2n) is 10.2. The highest BCUT2D eigenvalue weighted by Crippen LogP contribution is 2.37. The van der Waals surface area contributed by atoms with E-state index < -0.39 is 12.5 Å². The molecule has 1 saturated heterocycles. The van der Waals surface area contributed by atoms with E-state index in [1.54, 1.807) is 29.3 Å². The summed E-state index contributed by atoms with van der Waals surface area (Å²) in [5.41, 5.74) is 2.73. The van der Waals surface area contributed by atoms with Gasteiger partial charge in [0.1, 0.15) is 17.0 Å². The molecule has 0 radical (unpaired) electrons. The molecule has 0 spiro atoms. The molecule has 2 aromatic carbocycles. The number of carbonyl (C=O) groups excluding carboxylic acids is 1. The van der Waals surface area contributed by atoms with Crippen molar-refractivity contribution in [3.05, 3.63) is 95.5 Å². The van der Waals surface area contributed by atoms with E-state index in [4.69, 9.17) is 16.3 Å². The average molecular weight is 607 g/mol. The smallest absolute Gasteiger partial charge is 0.387 e. The first kappa shape index (κ1) is 28.7. The lowest BCUT2D eigenvalue weighted by Crippen LogP contribution is -2.46. The molecule has 13 heteroatoms. The van der Waals surface area contributed by atoms with E-state index in [-0.39, 0.29) is 22.6 Å². The highest BCUT2D eigenvalue weighted by atomic mass is 35.5. The summed E-state index contributed by atoms with van der Waals surface area (Å²) in [6.45, 7) is 2.83. The van der Waals surface area contributed by atoms with Gasteiger partial charge >= 0.3 is 6.61 Å². The molecule has 0 bridgehead atoms. The summed E-state index contributed by atoms with van der Waals surface area (Å²) in [4.78, 5) is 22.4. The van der Waals surface area contributed by atoms with Crippen LogP contribution in [0.2, 0.25) is 5.02 Å². The van der Waals surface area contributed by atoms with Crippen molar-refractivity contribution in [2.45, 2.75) is 19.7 Å². The van der Waals surface area contributed by atoms with Crippen molar-refractivity contribution >= 4 is 28.8 Å². The first-order chi connectivity index (χ1) is 20.9. The standard InChI is InChI=1S/C30H29ClF2N8O2/c31-22-7-8-26(43-30(32)33)23(17-22)27-25(36-29(42)24-18-35-41-10-4-9-34-28(24)41)20-40(37-27)16-15-38-11-13-39(14-12-38)19-21-5-2-1-3-6-21/h1-10,17-18,20,30H,11-16,19H2,(H,36,42). The Bertz CT molecular complexity index is 1700. The zero-order chi connectivity index (χ0) is 29.8. The summed E-state index contributed by atoms with van der Waals surface area (Å²) in [5, 5.41) is 12.0. The molecule has 1 N–H and O–H groups in total. The number of nitrogens with zero attached hydrogens (tertiary/aromatic N) is 7. The topological polar surface area (TPSA) is 92.8 Å². The number of ether oxygens (including phenoxy) is 1. The molecule has 4 heterocycles. The Morgan fingerprint density at radius 2 is 1.81 bits per heavy atom. The third-order valence-corrected chi connectivity index (χ3v) is 7.54. The van der Waals surface area contributed by atoms with Crippen LogP contribution in [-0.2, 0) is 13.1 Å². The van der Waals surface area contributed by atoms with Gasteiger partial charge in [0.15, 0.2) is 5.65 Å². The van der Waals surface area contributed by atoms with Crippen LogP contribution in [-0.4, -0.2) is 79.4 Å². The molecule has 6 rings (SSSR count). The summed E-state index contributed by atoms with van der Waals surface area (Å²) in [6.07, 6.45) is 6.36. The van der Waals surface area contributed by atoms with E-state index in [0.717, 1.165) is 39.3 Å². The van der Waals surface area contributed by atoms with Gasteiger partial charge in [0.2, 0.25) is 0 Å². The number of carbonyl (C=O) groups is 1. The maximum absolute atomic E-state index is 13.3. The molecule has 10 nitrogen and oxygen atoms in total. The minimum Gasteiger partial charge on any atom is -0.434 e. The molecular weight excluding hydrogens is 578 g/mol. The molecule has 1 amide bonds. The molecule has 5 aromatic rings. The van der Waals surface area contributed by atoms with Crippen molar-refractivity contribution in [2.24, 2.45) is 0 Å². The monoisotopic (exact) mass is 606 g/mol. The Balaban J connectivity index is 1.21. The van der Waals surface area contributed by atoms with E-state index in [1.165, 1.54) is 34.5 Å². The third-order valence-electron chi connectivity index (χ3n) is 7.31. The van der Waals surface area contributed by atoms with E-state index in [9.17, 15) is 13.6 Å². The van der Waals surface area contributed by atoms with Gasteiger partial charge in [-0.3, -0.25) is 19.3 Å². The van der Waals surface area contributed by atoms with Crippen molar-refractivity contribution in [3.63, 3.8) is 0 Å². The Labute approximate surface area is 251 Å². The zero-order valence-corrected chi connectivity index (χ0v) is 23.9. The number of hydrogen-bond donors (Lipinski definition) is 1. The number of nitrogens with one attached hydrogen (secondary N) is 1. The number of piperazine rings is 1. The van der Waals surface area contributed by atoms with Crippen molar-refractivity contribution in [2.75, 3.05) is 38.0 Å². The van der Waals surface area contributed by atoms with Crippen LogP contribution in [0.25, 0.3) is 16.9 Å². The van der Waals surface area contributed by atoms with Gasteiger partial charge in [-0.2, -0.15) is 19.0 Å². The molecule has 43 heavy (non-hydrogen) atoms. The summed E-state index contributed by atoms with van der Waals surface area (Å²) in [5.74, 6) is -0.574. The highest BCUT2D eigenvalue weighted by Gasteiger charge is 2.23. The van der Waals surface area contributed by atoms with Gasteiger partial charge in [-0.15, -0.1) is 0 Å². The van der Waals surface area contributed by atoms with Crippen LogP contribution in [0.1, 0.15) is 15.9 Å². The predicted molar refractivity (Wildman–Crippen MR) is 158 cm³/mol. The number of halogens is 3. The molecule has 222 valence electrons. The summed E-state index contributed by atoms with van der Waals surface area (Å²) >= 11 is 6.25. The fourth-order valence-corrected chi connectivity index (χ4v) is 5.32. The van der Waals surface area contributed by atoms with Crippen LogP contribution in [0.5, 0.6) is 5.75 Å². The molecule has 1 fully saturated rings. The second kappa shape index (κ2) is 12.9. The molecule has 0 atom stereocenters. The van der Waals surface area contributed by atoms with Crippen LogP contribution in [0, 0.1) is 0 Å². The average Bonchev–Trinajstić information content (AvgIpc) is 3.62. The SMILES string of the molecule is O=C(Nc1cn(CCN2CCN(Cc3ccccc3)CC2)nc1-c1cc(Cl)ccc1OC(F)F)c1cnn2cccnc12. The number of hydrogen-bond acceptors (Lipinski definition) is 7. The van der Waals surface area contributed by atoms with Gasteiger partial charge in [-0.25, -0.2) is 9.50 Å². The number of anilines is 1. The van der Waals surface area contributed by atoms with Crippen molar-refractivity contribution in [1.29, 1.82) is 0 Å². The highest BCUT2D eigenvalue weighted by molar-refractivity contribution is 6.31. The fraction of sp³-hybridized carbons (Fsp3) is 0.267. The van der Waals surface area contributed by atoms with Crippen LogP contribution in [0.3, 0.4) is 0 Å². The number of benzene rings is 2. The Kier molecular flexibility index (Phi) is 8.59. The Morgan fingerprint density at radius 3 is 2.60 bits per heavy atom. The minimum atomic E-state index is -3.05. The van der Waals surface area contributed by atoms with Gasteiger partial charge in [0, 0.05) is 68.4 Å². The summed E-state index contributed by atoms with van der Waals surface area (Å²) in [7, 11) is 0. The van der Waals surface area contributed by atoms with Crippen LogP contribution in [0.15, 0.2) is 79.4 Å². The molecule has 1 aliphatic heterocycles. The lowest BCUT2D eigenvalue weighted by Gasteiger charge is -2.34. The van der Waals surface area contributed by atoms with Gasteiger partial charge in [-0.1, -0.05) is 41.9 Å². The van der Waals surface area contributed by atoms with E-state index in [2.05, 4.69) is 54.6 Å². The van der Waals surface area contributed by atoms with Gasteiger partial charge in [0.25, 0.3) is 5.91 Å². The lowest BCUT2D eigenvalue weighted by atomic mass is 10.1. The van der Waals surface area contributed by atoms with Crippen LogP contribution < -0.4 is 10.1 Å². The van der Waals surface area contributed by atoms with Gasteiger partial charge in [-0.05, 0) is 29.8 Å². The number of fused-ring (bicyclic) bond motifs is 1. The number of rotatable bonds is 10. The zero-order valence-electron chi connectivity index (χ0n) is 23.1. The molecule has 3 aromatic heterocycles. The van der Waals surface area contributed by atoms with Gasteiger partial charge < -0.3 is 10.1 Å². The molecule has 0 aliphatic carbocycles. The lowest BCUT2D eigenvalue weighted by molar-refractivity contribution is -0.0494. The van der Waals surface area contributed by atoms with Crippen LogP contribution >= 0.6 is 11.6 Å².